The van der Waals surface area contributed by atoms with E-state index in [0.717, 1.165) is 6.42 Å². The monoisotopic (exact) mass is 300 g/mol. The average molecular weight is 300 g/mol. The summed E-state index contributed by atoms with van der Waals surface area (Å²) in [5.74, 6) is -1.31. The Bertz CT molecular complexity index is 350. The largest absolute Gasteiger partial charge is 0.477 e. The van der Waals surface area contributed by atoms with E-state index in [-0.39, 0.29) is 17.9 Å². The Morgan fingerprint density at radius 2 is 1.71 bits per heavy atom. The highest BCUT2D eigenvalue weighted by Crippen LogP contribution is 2.01. The minimum atomic E-state index is -0.941. The Morgan fingerprint density at radius 3 is 1.90 bits per heavy atom. The first kappa shape index (κ1) is 21.5. The molecule has 1 N–H and O–H groups in total. The van der Waals surface area contributed by atoms with Crippen LogP contribution in [0, 0.1) is 0 Å². The fraction of sp³-hybridized carbons (Fsp3) is 0.600. The number of hydrogen-bond acceptors (Lipinski definition) is 5. The lowest BCUT2D eigenvalue weighted by Gasteiger charge is -2.21. The molecule has 0 aliphatic heterocycles. The van der Waals surface area contributed by atoms with E-state index in [4.69, 9.17) is 9.84 Å². The van der Waals surface area contributed by atoms with Gasteiger partial charge in [0.1, 0.15) is 5.70 Å². The van der Waals surface area contributed by atoms with Crippen LogP contribution in [-0.4, -0.2) is 60.3 Å². The highest BCUT2D eigenvalue weighted by Gasteiger charge is 2.11. The Morgan fingerprint density at radius 1 is 1.24 bits per heavy atom. The fourth-order valence-electron chi connectivity index (χ4n) is 1.48. The van der Waals surface area contributed by atoms with Gasteiger partial charge in [0.05, 0.1) is 0 Å². The van der Waals surface area contributed by atoms with E-state index in [1.54, 1.807) is 4.90 Å². The van der Waals surface area contributed by atoms with Gasteiger partial charge in [-0.1, -0.05) is 20.1 Å². The summed E-state index contributed by atoms with van der Waals surface area (Å²) in [6, 6.07) is 0. The maximum Gasteiger partial charge on any atom is 0.351 e. The predicted molar refractivity (Wildman–Crippen MR) is 83.8 cm³/mol. The Balaban J connectivity index is 0. The zero-order valence-electron chi connectivity index (χ0n) is 13.8. The van der Waals surface area contributed by atoms with Crippen molar-refractivity contribution in [1.29, 1.82) is 0 Å². The molecule has 0 amide bonds. The van der Waals surface area contributed by atoms with Gasteiger partial charge >= 0.3 is 11.9 Å². The maximum absolute atomic E-state index is 10.7. The van der Waals surface area contributed by atoms with E-state index in [1.807, 2.05) is 39.8 Å². The topological polar surface area (TPSA) is 70.1 Å². The van der Waals surface area contributed by atoms with Gasteiger partial charge in [-0.2, -0.15) is 0 Å². The number of carbonyl (C=O) groups excluding carboxylic acids is 1. The molecule has 6 heteroatoms. The second-order valence-corrected chi connectivity index (χ2v) is 4.39. The summed E-state index contributed by atoms with van der Waals surface area (Å²) in [7, 11) is 3.73. The summed E-state index contributed by atoms with van der Waals surface area (Å²) in [5, 5.41) is 8.47. The fourth-order valence-corrected chi connectivity index (χ4v) is 1.48. The summed E-state index contributed by atoms with van der Waals surface area (Å²) >= 11 is 0. The van der Waals surface area contributed by atoms with Crippen molar-refractivity contribution in [2.45, 2.75) is 33.4 Å². The highest BCUT2D eigenvalue weighted by atomic mass is 16.6. The van der Waals surface area contributed by atoms with Crippen LogP contribution in [0.25, 0.3) is 0 Å². The van der Waals surface area contributed by atoms with E-state index in [0.29, 0.717) is 13.1 Å². The number of nitrogens with zero attached hydrogens (tertiary/aromatic N) is 2. The molecule has 21 heavy (non-hydrogen) atoms. The first-order valence-corrected chi connectivity index (χ1v) is 6.91. The van der Waals surface area contributed by atoms with Crippen LogP contribution in [0.2, 0.25) is 0 Å². The maximum atomic E-state index is 10.7. The molecule has 0 aliphatic carbocycles. The molecule has 0 saturated heterocycles. The van der Waals surface area contributed by atoms with Gasteiger partial charge < -0.3 is 14.7 Å². The lowest BCUT2D eigenvalue weighted by atomic mass is 10.4. The number of aliphatic carboxylic acids is 1. The van der Waals surface area contributed by atoms with Gasteiger partial charge in [-0.25, -0.2) is 9.59 Å². The predicted octanol–water partition coefficient (Wildman–Crippen LogP) is 1.94. The van der Waals surface area contributed by atoms with Gasteiger partial charge in [-0.3, -0.25) is 4.90 Å². The molecule has 6 nitrogen and oxygen atoms in total. The number of carboxylic acid groups (broad SMARTS) is 1. The van der Waals surface area contributed by atoms with Crippen molar-refractivity contribution < 1.29 is 19.4 Å². The van der Waals surface area contributed by atoms with Gasteiger partial charge in [-0.15, -0.1) is 0 Å². The molecule has 122 valence electrons. The molecule has 0 saturated carbocycles. The SMILES string of the molecule is C=C(C(=O)O)N(CC)CC.C=CC(=O)OC(CC)N(C)C. The smallest absolute Gasteiger partial charge is 0.351 e. The minimum absolute atomic E-state index is 0.138. The Hall–Kier alpha value is -1.82. The van der Waals surface area contributed by atoms with Gasteiger partial charge in [0.15, 0.2) is 6.23 Å². The van der Waals surface area contributed by atoms with Crippen LogP contribution in [0.15, 0.2) is 24.9 Å². The van der Waals surface area contributed by atoms with Crippen molar-refractivity contribution in [3.63, 3.8) is 0 Å². The lowest BCUT2D eigenvalue weighted by Crippen LogP contribution is -2.31. The molecular formula is C15H28N2O4. The summed E-state index contributed by atoms with van der Waals surface area (Å²) in [5.41, 5.74) is 0.171. The molecule has 0 aliphatic rings. The summed E-state index contributed by atoms with van der Waals surface area (Å²) < 4.78 is 4.98. The van der Waals surface area contributed by atoms with Crippen LogP contribution in [0.5, 0.6) is 0 Å². The van der Waals surface area contributed by atoms with Crippen molar-refractivity contribution in [3.05, 3.63) is 24.9 Å². The number of carbonyl (C=O) groups is 2. The van der Waals surface area contributed by atoms with Crippen molar-refractivity contribution in [2.24, 2.45) is 0 Å². The lowest BCUT2D eigenvalue weighted by molar-refractivity contribution is -0.151. The third kappa shape index (κ3) is 9.67. The zero-order chi connectivity index (χ0) is 17.0. The number of ether oxygens (including phenoxy) is 1. The second kappa shape index (κ2) is 12.0. The number of esters is 1. The van der Waals surface area contributed by atoms with E-state index in [1.165, 1.54) is 6.08 Å². The minimum Gasteiger partial charge on any atom is -0.477 e. The molecule has 0 heterocycles. The van der Waals surface area contributed by atoms with Crippen LogP contribution in [0.3, 0.4) is 0 Å². The van der Waals surface area contributed by atoms with Crippen molar-refractivity contribution in [1.82, 2.24) is 9.80 Å². The number of hydrogen-bond donors (Lipinski definition) is 1. The van der Waals surface area contributed by atoms with Gasteiger partial charge in [0.25, 0.3) is 0 Å². The van der Waals surface area contributed by atoms with Gasteiger partial charge in [-0.05, 0) is 34.4 Å². The van der Waals surface area contributed by atoms with Crippen LogP contribution in [-0.2, 0) is 14.3 Å². The van der Waals surface area contributed by atoms with E-state index in [9.17, 15) is 9.59 Å². The molecule has 0 rings (SSSR count). The summed E-state index contributed by atoms with van der Waals surface area (Å²) in [4.78, 5) is 24.6. The average Bonchev–Trinajstić information content (AvgIpc) is 2.45. The molecule has 0 aromatic carbocycles. The van der Waals surface area contributed by atoms with Crippen molar-refractivity contribution in [3.8, 4) is 0 Å². The number of carboxylic acids is 1. The zero-order valence-corrected chi connectivity index (χ0v) is 13.8. The van der Waals surface area contributed by atoms with Gasteiger partial charge in [0, 0.05) is 19.2 Å². The molecule has 0 aromatic rings. The molecule has 0 fully saturated rings. The standard InChI is InChI=1S/C8H15NO2.C7H13NO2/c1-5-7(9(3)4)11-8(10)6-2;1-4-8(5-2)6(3)7(9)10/h6-7H,2,5H2,1,3-4H3;3-5H2,1-2H3,(H,9,10). The highest BCUT2D eigenvalue weighted by molar-refractivity contribution is 5.85. The Kier molecular flexibility index (Phi) is 12.2. The third-order valence-corrected chi connectivity index (χ3v) is 2.74. The molecule has 0 aromatic heterocycles. The summed E-state index contributed by atoms with van der Waals surface area (Å²) in [6.45, 7) is 13.9. The molecule has 0 radical (unpaired) electrons. The van der Waals surface area contributed by atoms with Gasteiger partial charge in [0.2, 0.25) is 0 Å². The quantitative estimate of drug-likeness (QED) is 0.420. The van der Waals surface area contributed by atoms with Crippen LogP contribution < -0.4 is 0 Å². The molecule has 0 spiro atoms. The number of rotatable bonds is 8. The molecular weight excluding hydrogens is 272 g/mol. The Labute approximate surface area is 127 Å². The van der Waals surface area contributed by atoms with Crippen LogP contribution in [0.1, 0.15) is 27.2 Å². The molecule has 1 atom stereocenters. The normalized spacial score (nSPS) is 11.0. The first-order chi connectivity index (χ1) is 9.74. The molecule has 0 bridgehead atoms. The van der Waals surface area contributed by atoms with Crippen molar-refractivity contribution >= 4 is 11.9 Å². The van der Waals surface area contributed by atoms with E-state index >= 15 is 0 Å². The molecule has 1 unspecified atom stereocenters. The van der Waals surface area contributed by atoms with Crippen molar-refractivity contribution in [2.75, 3.05) is 27.2 Å². The third-order valence-electron chi connectivity index (χ3n) is 2.74. The van der Waals surface area contributed by atoms with E-state index < -0.39 is 5.97 Å². The number of likely N-dealkylation sites (N-methyl/N-ethyl adjacent to an activating group) is 1. The summed E-state index contributed by atoms with van der Waals surface area (Å²) in [6.07, 6.45) is 1.82. The van der Waals surface area contributed by atoms with Crippen LogP contribution in [0.4, 0.5) is 0 Å². The van der Waals surface area contributed by atoms with E-state index in [2.05, 4.69) is 13.2 Å². The first-order valence-electron chi connectivity index (χ1n) is 6.91. The second-order valence-electron chi connectivity index (χ2n) is 4.39. The van der Waals surface area contributed by atoms with Crippen LogP contribution >= 0.6 is 0 Å².